The minimum absolute atomic E-state index is 0.247. The number of para-hydroxylation sites is 1. The van der Waals surface area contributed by atoms with E-state index in [9.17, 15) is 0 Å². The van der Waals surface area contributed by atoms with E-state index in [0.717, 1.165) is 17.8 Å². The lowest BCUT2D eigenvalue weighted by Gasteiger charge is -2.17. The molecule has 0 aliphatic carbocycles. The number of hydrogen-bond acceptors (Lipinski definition) is 1. The first-order chi connectivity index (χ1) is 11.2. The van der Waals surface area contributed by atoms with Gasteiger partial charge in [-0.15, -0.1) is 0 Å². The molecular formula is C21H23N2. The standard InChI is InChI=1S/C21H23N2/c1-4-19(17-11-7-5-8-12-17)21-15-20(16(2)3)22-23(21)18-13-9-6-10-14-18/h5-16,19H,1,4H2,2-3H3. The molecule has 0 N–H and O–H groups in total. The molecule has 0 saturated heterocycles. The molecule has 1 radical (unpaired) electrons. The van der Waals surface area contributed by atoms with Crippen molar-refractivity contribution in [1.82, 2.24) is 9.78 Å². The highest BCUT2D eigenvalue weighted by Crippen LogP contribution is 2.31. The number of nitrogens with zero attached hydrogens (tertiary/aromatic N) is 2. The van der Waals surface area contributed by atoms with Crippen LogP contribution in [0.3, 0.4) is 0 Å². The SMILES string of the molecule is [CH2]CC(c1ccccc1)c1cc(C(C)C)nn1-c1ccccc1. The lowest BCUT2D eigenvalue weighted by molar-refractivity contribution is 0.706. The Hall–Kier alpha value is -2.35. The van der Waals surface area contributed by atoms with Gasteiger partial charge in [0.15, 0.2) is 0 Å². The van der Waals surface area contributed by atoms with Gasteiger partial charge in [0, 0.05) is 5.92 Å². The summed E-state index contributed by atoms with van der Waals surface area (Å²) in [7, 11) is 0. The fourth-order valence-electron chi connectivity index (χ4n) is 2.89. The summed E-state index contributed by atoms with van der Waals surface area (Å²) in [5, 5.41) is 4.86. The van der Waals surface area contributed by atoms with Gasteiger partial charge < -0.3 is 0 Å². The third-order valence-corrected chi connectivity index (χ3v) is 4.20. The van der Waals surface area contributed by atoms with Crippen LogP contribution < -0.4 is 0 Å². The van der Waals surface area contributed by atoms with Crippen molar-refractivity contribution in [2.45, 2.75) is 32.1 Å². The van der Waals surface area contributed by atoms with Crippen LogP contribution >= 0.6 is 0 Å². The van der Waals surface area contributed by atoms with Gasteiger partial charge in [-0.1, -0.05) is 69.3 Å². The molecule has 23 heavy (non-hydrogen) atoms. The molecule has 0 aliphatic rings. The monoisotopic (exact) mass is 303 g/mol. The van der Waals surface area contributed by atoms with Gasteiger partial charge in [0.2, 0.25) is 0 Å². The normalized spacial score (nSPS) is 12.5. The van der Waals surface area contributed by atoms with Crippen molar-refractivity contribution < 1.29 is 0 Å². The molecule has 3 aromatic rings. The Morgan fingerprint density at radius 1 is 0.957 bits per heavy atom. The Labute approximate surface area is 138 Å². The summed E-state index contributed by atoms with van der Waals surface area (Å²) in [6.45, 7) is 8.55. The number of benzene rings is 2. The summed E-state index contributed by atoms with van der Waals surface area (Å²) in [5.41, 5.74) is 4.72. The molecule has 0 bridgehead atoms. The lowest BCUT2D eigenvalue weighted by Crippen LogP contribution is -2.08. The maximum Gasteiger partial charge on any atom is 0.0657 e. The van der Waals surface area contributed by atoms with Gasteiger partial charge in [0.25, 0.3) is 0 Å². The van der Waals surface area contributed by atoms with Crippen molar-refractivity contribution in [3.63, 3.8) is 0 Å². The van der Waals surface area contributed by atoms with Crippen molar-refractivity contribution in [3.05, 3.63) is 90.6 Å². The van der Waals surface area contributed by atoms with Crippen LogP contribution in [0, 0.1) is 6.92 Å². The second-order valence-corrected chi connectivity index (χ2v) is 6.15. The minimum Gasteiger partial charge on any atom is -0.237 e. The van der Waals surface area contributed by atoms with E-state index in [1.54, 1.807) is 0 Å². The topological polar surface area (TPSA) is 17.8 Å². The van der Waals surface area contributed by atoms with E-state index in [0.29, 0.717) is 5.92 Å². The van der Waals surface area contributed by atoms with Crippen LogP contribution in [-0.4, -0.2) is 9.78 Å². The highest BCUT2D eigenvalue weighted by Gasteiger charge is 2.20. The molecule has 0 amide bonds. The largest absolute Gasteiger partial charge is 0.237 e. The summed E-state index contributed by atoms with van der Waals surface area (Å²) in [5.74, 6) is 0.649. The van der Waals surface area contributed by atoms with Crippen LogP contribution in [0.15, 0.2) is 66.7 Å². The Morgan fingerprint density at radius 3 is 2.13 bits per heavy atom. The molecule has 0 saturated carbocycles. The number of hydrogen-bond donors (Lipinski definition) is 0. The summed E-state index contributed by atoms with van der Waals surface area (Å²) in [6.07, 6.45) is 0.806. The highest BCUT2D eigenvalue weighted by atomic mass is 15.3. The number of rotatable bonds is 5. The first-order valence-electron chi connectivity index (χ1n) is 8.20. The van der Waals surface area contributed by atoms with E-state index < -0.39 is 0 Å². The molecule has 1 aromatic heterocycles. The van der Waals surface area contributed by atoms with Crippen LogP contribution in [0.2, 0.25) is 0 Å². The molecule has 2 aromatic carbocycles. The summed E-state index contributed by atoms with van der Waals surface area (Å²) in [6, 6.07) is 23.2. The maximum atomic E-state index is 4.86. The van der Waals surface area contributed by atoms with Gasteiger partial charge in [0.05, 0.1) is 17.1 Å². The molecule has 0 aliphatic heterocycles. The Balaban J connectivity index is 2.13. The van der Waals surface area contributed by atoms with E-state index in [2.05, 4.69) is 86.1 Å². The molecule has 0 fully saturated rings. The second-order valence-electron chi connectivity index (χ2n) is 6.15. The van der Waals surface area contributed by atoms with E-state index in [-0.39, 0.29) is 5.92 Å². The average Bonchev–Trinajstić information content (AvgIpc) is 3.03. The van der Waals surface area contributed by atoms with Crippen molar-refractivity contribution in [2.75, 3.05) is 0 Å². The zero-order valence-electron chi connectivity index (χ0n) is 13.8. The van der Waals surface area contributed by atoms with Crippen LogP contribution in [0.4, 0.5) is 0 Å². The molecule has 3 rings (SSSR count). The van der Waals surface area contributed by atoms with E-state index >= 15 is 0 Å². The maximum absolute atomic E-state index is 4.86. The van der Waals surface area contributed by atoms with Crippen molar-refractivity contribution in [3.8, 4) is 5.69 Å². The highest BCUT2D eigenvalue weighted by molar-refractivity contribution is 5.38. The molecular weight excluding hydrogens is 280 g/mol. The molecule has 2 nitrogen and oxygen atoms in total. The fourth-order valence-corrected chi connectivity index (χ4v) is 2.89. The Bertz CT molecular complexity index is 742. The molecule has 117 valence electrons. The lowest BCUT2D eigenvalue weighted by atomic mass is 9.92. The Kier molecular flexibility index (Phi) is 4.61. The van der Waals surface area contributed by atoms with Crippen molar-refractivity contribution >= 4 is 0 Å². The third kappa shape index (κ3) is 3.21. The first kappa shape index (κ1) is 15.5. The third-order valence-electron chi connectivity index (χ3n) is 4.20. The van der Waals surface area contributed by atoms with Crippen LogP contribution in [-0.2, 0) is 0 Å². The van der Waals surface area contributed by atoms with Gasteiger partial charge in [-0.05, 0) is 36.1 Å². The van der Waals surface area contributed by atoms with Gasteiger partial charge in [0.1, 0.15) is 0 Å². The van der Waals surface area contributed by atoms with Gasteiger partial charge in [-0.3, -0.25) is 0 Å². The number of aromatic nitrogens is 2. The molecule has 1 heterocycles. The second kappa shape index (κ2) is 6.82. The first-order valence-corrected chi connectivity index (χ1v) is 8.20. The zero-order chi connectivity index (χ0) is 16.2. The van der Waals surface area contributed by atoms with Crippen molar-refractivity contribution in [2.24, 2.45) is 0 Å². The average molecular weight is 303 g/mol. The summed E-state index contributed by atoms with van der Waals surface area (Å²) < 4.78 is 2.08. The zero-order valence-corrected chi connectivity index (χ0v) is 13.8. The van der Waals surface area contributed by atoms with Gasteiger partial charge in [-0.2, -0.15) is 5.10 Å². The van der Waals surface area contributed by atoms with Crippen LogP contribution in [0.25, 0.3) is 5.69 Å². The predicted molar refractivity (Wildman–Crippen MR) is 95.9 cm³/mol. The van der Waals surface area contributed by atoms with Gasteiger partial charge >= 0.3 is 0 Å². The van der Waals surface area contributed by atoms with E-state index in [4.69, 9.17) is 5.10 Å². The molecule has 2 heteroatoms. The minimum atomic E-state index is 0.247. The summed E-state index contributed by atoms with van der Waals surface area (Å²) >= 11 is 0. The smallest absolute Gasteiger partial charge is 0.0657 e. The summed E-state index contributed by atoms with van der Waals surface area (Å²) in [4.78, 5) is 0. The van der Waals surface area contributed by atoms with Crippen molar-refractivity contribution in [1.29, 1.82) is 0 Å². The van der Waals surface area contributed by atoms with E-state index in [1.165, 1.54) is 11.3 Å². The van der Waals surface area contributed by atoms with E-state index in [1.807, 2.05) is 6.07 Å². The Morgan fingerprint density at radius 2 is 1.57 bits per heavy atom. The van der Waals surface area contributed by atoms with Crippen LogP contribution in [0.1, 0.15) is 49.1 Å². The van der Waals surface area contributed by atoms with Gasteiger partial charge in [-0.25, -0.2) is 4.68 Å². The fraction of sp³-hybridized carbons (Fsp3) is 0.238. The molecule has 1 unspecified atom stereocenters. The quantitative estimate of drug-likeness (QED) is 0.621. The molecule has 1 atom stereocenters. The molecule has 0 spiro atoms. The predicted octanol–water partition coefficient (Wildman–Crippen LogP) is 5.35. The van der Waals surface area contributed by atoms with Crippen LogP contribution in [0.5, 0.6) is 0 Å².